The average molecular weight is 251 g/mol. The molecule has 1 aliphatic carbocycles. The van der Waals surface area contributed by atoms with Gasteiger partial charge in [0.15, 0.2) is 0 Å². The number of aryl methyl sites for hydroxylation is 1. The van der Waals surface area contributed by atoms with Crippen LogP contribution < -0.4 is 10.5 Å². The number of pyridine rings is 1. The van der Waals surface area contributed by atoms with Crippen molar-refractivity contribution in [2.24, 2.45) is 5.73 Å². The zero-order chi connectivity index (χ0) is 13.1. The lowest BCUT2D eigenvalue weighted by molar-refractivity contribution is -0.385. The summed E-state index contributed by atoms with van der Waals surface area (Å²) in [5.74, 6) is 0.457. The lowest BCUT2D eigenvalue weighted by Gasteiger charge is -2.26. The van der Waals surface area contributed by atoms with E-state index >= 15 is 0 Å². The van der Waals surface area contributed by atoms with E-state index in [0.29, 0.717) is 11.4 Å². The molecule has 0 aromatic carbocycles. The fraction of sp³-hybridized carbons (Fsp3) is 0.583. The van der Waals surface area contributed by atoms with Gasteiger partial charge >= 0.3 is 0 Å². The highest BCUT2D eigenvalue weighted by Crippen LogP contribution is 2.25. The van der Waals surface area contributed by atoms with Crippen LogP contribution in [0.1, 0.15) is 31.2 Å². The Kier molecular flexibility index (Phi) is 3.76. The van der Waals surface area contributed by atoms with Crippen molar-refractivity contribution < 1.29 is 9.66 Å². The van der Waals surface area contributed by atoms with Crippen molar-refractivity contribution in [2.45, 2.75) is 44.8 Å². The largest absolute Gasteiger partial charge is 0.474 e. The van der Waals surface area contributed by atoms with Crippen molar-refractivity contribution in [2.75, 3.05) is 0 Å². The van der Waals surface area contributed by atoms with Crippen LogP contribution in [0.2, 0.25) is 0 Å². The van der Waals surface area contributed by atoms with Gasteiger partial charge in [-0.15, -0.1) is 0 Å². The lowest BCUT2D eigenvalue weighted by atomic mass is 9.94. The summed E-state index contributed by atoms with van der Waals surface area (Å²) in [6.45, 7) is 1.68. The topological polar surface area (TPSA) is 91.3 Å². The van der Waals surface area contributed by atoms with Crippen molar-refractivity contribution in [1.29, 1.82) is 0 Å². The maximum absolute atomic E-state index is 10.7. The number of hydrogen-bond acceptors (Lipinski definition) is 5. The van der Waals surface area contributed by atoms with E-state index in [9.17, 15) is 10.1 Å². The first-order valence-electron chi connectivity index (χ1n) is 6.09. The highest BCUT2D eigenvalue weighted by atomic mass is 16.6. The Balaban J connectivity index is 2.02. The minimum absolute atomic E-state index is 0.0213. The maximum atomic E-state index is 10.7. The Bertz CT molecular complexity index is 442. The number of ether oxygens (including phenoxy) is 1. The fourth-order valence-corrected chi connectivity index (χ4v) is 2.16. The van der Waals surface area contributed by atoms with Crippen LogP contribution >= 0.6 is 0 Å². The highest BCUT2D eigenvalue weighted by Gasteiger charge is 2.21. The molecule has 0 radical (unpaired) electrons. The second-order valence-electron chi connectivity index (χ2n) is 4.72. The molecule has 2 N–H and O–H groups in total. The Morgan fingerprint density at radius 2 is 2.11 bits per heavy atom. The monoisotopic (exact) mass is 251 g/mol. The SMILES string of the molecule is Cc1cc(OC2CCC(N)CC2)ncc1[N+](=O)[O-]. The molecule has 0 bridgehead atoms. The Labute approximate surface area is 105 Å². The molecule has 6 nitrogen and oxygen atoms in total. The minimum atomic E-state index is -0.439. The van der Waals surface area contributed by atoms with Crippen LogP contribution in [0.3, 0.4) is 0 Å². The number of nitro groups is 1. The third-order valence-electron chi connectivity index (χ3n) is 3.26. The normalized spacial score (nSPS) is 23.7. The summed E-state index contributed by atoms with van der Waals surface area (Å²) in [5, 5.41) is 10.7. The van der Waals surface area contributed by atoms with Crippen LogP contribution in [0.5, 0.6) is 5.88 Å². The van der Waals surface area contributed by atoms with Crippen molar-refractivity contribution in [3.63, 3.8) is 0 Å². The van der Waals surface area contributed by atoms with E-state index < -0.39 is 4.92 Å². The summed E-state index contributed by atoms with van der Waals surface area (Å²) in [6, 6.07) is 1.89. The Hall–Kier alpha value is -1.69. The smallest absolute Gasteiger partial charge is 0.290 e. The molecule has 0 unspecified atom stereocenters. The molecule has 1 aromatic rings. The summed E-state index contributed by atoms with van der Waals surface area (Å²) >= 11 is 0. The Morgan fingerprint density at radius 1 is 1.44 bits per heavy atom. The van der Waals surface area contributed by atoms with Gasteiger partial charge < -0.3 is 10.5 Å². The number of nitrogens with two attached hydrogens (primary N) is 1. The third-order valence-corrected chi connectivity index (χ3v) is 3.26. The van der Waals surface area contributed by atoms with Crippen molar-refractivity contribution in [1.82, 2.24) is 4.98 Å². The minimum Gasteiger partial charge on any atom is -0.474 e. The maximum Gasteiger partial charge on any atom is 0.290 e. The molecule has 1 saturated carbocycles. The van der Waals surface area contributed by atoms with Crippen molar-refractivity contribution >= 4 is 5.69 Å². The first kappa shape index (κ1) is 12.8. The van der Waals surface area contributed by atoms with E-state index in [2.05, 4.69) is 4.98 Å². The second kappa shape index (κ2) is 5.30. The van der Waals surface area contributed by atoms with E-state index in [1.807, 2.05) is 0 Å². The van der Waals surface area contributed by atoms with Gasteiger partial charge in [0.1, 0.15) is 12.3 Å². The molecule has 1 fully saturated rings. The van der Waals surface area contributed by atoms with Gasteiger partial charge in [-0.05, 0) is 32.6 Å². The van der Waals surface area contributed by atoms with Crippen LogP contribution in [0.25, 0.3) is 0 Å². The summed E-state index contributed by atoms with van der Waals surface area (Å²) in [6.07, 6.45) is 5.11. The molecular formula is C12H17N3O3. The second-order valence-corrected chi connectivity index (χ2v) is 4.72. The van der Waals surface area contributed by atoms with Gasteiger partial charge in [-0.25, -0.2) is 4.98 Å². The quantitative estimate of drug-likeness (QED) is 0.654. The van der Waals surface area contributed by atoms with Gasteiger partial charge in [0.25, 0.3) is 5.69 Å². The highest BCUT2D eigenvalue weighted by molar-refractivity contribution is 5.39. The molecule has 0 saturated heterocycles. The Morgan fingerprint density at radius 3 is 2.67 bits per heavy atom. The number of hydrogen-bond donors (Lipinski definition) is 1. The first-order valence-corrected chi connectivity index (χ1v) is 6.09. The van der Waals surface area contributed by atoms with E-state index in [0.717, 1.165) is 25.7 Å². The number of aromatic nitrogens is 1. The van der Waals surface area contributed by atoms with Crippen LogP contribution in [-0.2, 0) is 0 Å². The van der Waals surface area contributed by atoms with Gasteiger partial charge in [-0.1, -0.05) is 0 Å². The van der Waals surface area contributed by atoms with Crippen LogP contribution in [0.15, 0.2) is 12.3 Å². The zero-order valence-electron chi connectivity index (χ0n) is 10.3. The van der Waals surface area contributed by atoms with Gasteiger partial charge in [-0.3, -0.25) is 10.1 Å². The molecule has 98 valence electrons. The molecule has 0 spiro atoms. The van der Waals surface area contributed by atoms with Gasteiger partial charge in [-0.2, -0.15) is 0 Å². The zero-order valence-corrected chi connectivity index (χ0v) is 10.3. The van der Waals surface area contributed by atoms with Gasteiger partial charge in [0, 0.05) is 17.7 Å². The van der Waals surface area contributed by atoms with E-state index in [1.54, 1.807) is 13.0 Å². The van der Waals surface area contributed by atoms with Crippen molar-refractivity contribution in [3.8, 4) is 5.88 Å². The van der Waals surface area contributed by atoms with E-state index in [1.165, 1.54) is 6.20 Å². The van der Waals surface area contributed by atoms with Crippen LogP contribution in [0, 0.1) is 17.0 Å². The number of nitrogens with zero attached hydrogens (tertiary/aromatic N) is 2. The third kappa shape index (κ3) is 2.95. The van der Waals surface area contributed by atoms with Gasteiger partial charge in [0.05, 0.1) is 4.92 Å². The molecule has 0 amide bonds. The van der Waals surface area contributed by atoms with E-state index in [4.69, 9.17) is 10.5 Å². The molecule has 1 heterocycles. The molecule has 18 heavy (non-hydrogen) atoms. The molecular weight excluding hydrogens is 234 g/mol. The average Bonchev–Trinajstić information content (AvgIpc) is 2.32. The summed E-state index contributed by atoms with van der Waals surface area (Å²) < 4.78 is 5.73. The summed E-state index contributed by atoms with van der Waals surface area (Å²) in [5.41, 5.74) is 6.41. The number of rotatable bonds is 3. The molecule has 6 heteroatoms. The predicted octanol–water partition coefficient (Wildman–Crippen LogP) is 1.95. The predicted molar refractivity (Wildman–Crippen MR) is 66.5 cm³/mol. The van der Waals surface area contributed by atoms with E-state index in [-0.39, 0.29) is 17.8 Å². The molecule has 0 atom stereocenters. The first-order chi connectivity index (χ1) is 8.56. The fourth-order valence-electron chi connectivity index (χ4n) is 2.16. The van der Waals surface area contributed by atoms with Crippen LogP contribution in [-0.4, -0.2) is 22.1 Å². The standard InChI is InChI=1S/C12H17N3O3/c1-8-6-12(14-7-11(8)15(16)17)18-10-4-2-9(13)3-5-10/h6-7,9-10H,2-5,13H2,1H3. The van der Waals surface area contributed by atoms with Crippen molar-refractivity contribution in [3.05, 3.63) is 27.9 Å². The molecule has 0 aliphatic heterocycles. The van der Waals surface area contributed by atoms with Gasteiger partial charge in [0.2, 0.25) is 5.88 Å². The lowest BCUT2D eigenvalue weighted by Crippen LogP contribution is -2.31. The molecule has 2 rings (SSSR count). The molecule has 1 aromatic heterocycles. The summed E-state index contributed by atoms with van der Waals surface area (Å²) in [4.78, 5) is 14.2. The summed E-state index contributed by atoms with van der Waals surface area (Å²) in [7, 11) is 0. The molecule has 1 aliphatic rings. The van der Waals surface area contributed by atoms with Crippen LogP contribution in [0.4, 0.5) is 5.69 Å².